The molecule has 13 heteroatoms. The Labute approximate surface area is 192 Å². The maximum Gasteiger partial charge on any atom is 0.341 e. The van der Waals surface area contributed by atoms with Crippen molar-refractivity contribution < 1.29 is 18.0 Å². The van der Waals surface area contributed by atoms with E-state index in [9.17, 15) is 18.0 Å². The molecule has 0 unspecified atom stereocenters. The minimum absolute atomic E-state index is 0.0903. The van der Waals surface area contributed by atoms with Crippen molar-refractivity contribution in [1.82, 2.24) is 34.9 Å². The Bertz CT molecular complexity index is 1240. The molecule has 176 valence electrons. The lowest BCUT2D eigenvalue weighted by atomic mass is 10.0. The van der Waals surface area contributed by atoms with E-state index in [4.69, 9.17) is 0 Å². The zero-order valence-electron chi connectivity index (χ0n) is 18.1. The first-order valence-electron chi connectivity index (χ1n) is 10.6. The molecule has 0 bridgehead atoms. The van der Waals surface area contributed by atoms with Gasteiger partial charge < -0.3 is 9.80 Å². The summed E-state index contributed by atoms with van der Waals surface area (Å²) in [5, 5.41) is 13.0. The first kappa shape index (κ1) is 21.8. The molecule has 3 aromatic rings. The van der Waals surface area contributed by atoms with Crippen LogP contribution in [0.15, 0.2) is 35.7 Å². The van der Waals surface area contributed by atoms with Crippen molar-refractivity contribution in [3.63, 3.8) is 0 Å². The number of hydrogen-bond acceptors (Lipinski definition) is 7. The zero-order chi connectivity index (χ0) is 23.8. The maximum atomic E-state index is 14.3. The summed E-state index contributed by atoms with van der Waals surface area (Å²) in [4.78, 5) is 25.0. The summed E-state index contributed by atoms with van der Waals surface area (Å²) in [5.74, 6) is -1.67. The van der Waals surface area contributed by atoms with Crippen molar-refractivity contribution in [2.24, 2.45) is 12.1 Å². The highest BCUT2D eigenvalue weighted by atomic mass is 19.1. The second-order valence-electron chi connectivity index (χ2n) is 7.96. The Hall–Kier alpha value is -4.03. The maximum absolute atomic E-state index is 14.3. The number of aryl methyl sites for hydroxylation is 1. The molecule has 5 rings (SSSR count). The van der Waals surface area contributed by atoms with Gasteiger partial charge in [-0.1, -0.05) is 5.21 Å². The van der Waals surface area contributed by atoms with Crippen molar-refractivity contribution >= 4 is 18.2 Å². The van der Waals surface area contributed by atoms with Gasteiger partial charge in [-0.15, -0.1) is 5.10 Å². The lowest BCUT2D eigenvalue weighted by Gasteiger charge is -2.37. The third-order valence-corrected chi connectivity index (χ3v) is 5.82. The van der Waals surface area contributed by atoms with E-state index < -0.39 is 23.5 Å². The number of rotatable bonds is 3. The van der Waals surface area contributed by atoms with Gasteiger partial charge in [0.05, 0.1) is 18.4 Å². The number of anilines is 1. The fourth-order valence-corrected chi connectivity index (χ4v) is 4.08. The monoisotopic (exact) mass is 471 g/mol. The molecule has 4 heterocycles. The average Bonchev–Trinajstić information content (AvgIpc) is 3.48. The predicted molar refractivity (Wildman–Crippen MR) is 115 cm³/mol. The van der Waals surface area contributed by atoms with Gasteiger partial charge in [-0.05, 0) is 17.7 Å². The normalized spacial score (nSPS) is 18.1. The van der Waals surface area contributed by atoms with E-state index in [0.29, 0.717) is 49.8 Å². The third-order valence-electron chi connectivity index (χ3n) is 5.82. The first-order valence-corrected chi connectivity index (χ1v) is 10.6. The number of urea groups is 1. The van der Waals surface area contributed by atoms with Gasteiger partial charge in [-0.2, -0.15) is 5.10 Å². The molecule has 2 amide bonds. The zero-order valence-corrected chi connectivity index (χ0v) is 18.1. The molecule has 0 aliphatic carbocycles. The van der Waals surface area contributed by atoms with Crippen LogP contribution in [0, 0.1) is 17.5 Å². The summed E-state index contributed by atoms with van der Waals surface area (Å²) < 4.78 is 43.1. The fraction of sp³-hybridized carbons (Fsp3) is 0.333. The second kappa shape index (κ2) is 8.72. The van der Waals surface area contributed by atoms with Crippen molar-refractivity contribution in [1.29, 1.82) is 0 Å². The minimum Gasteiger partial charge on any atom is -0.337 e. The Morgan fingerprint density at radius 3 is 2.44 bits per heavy atom. The standard InChI is InChI=1S/C21H20F3N9O/c1-30-18(12-26-29-30)19-16(24)11-25-20(28-19)31-4-6-32(7-5-31)21(34)33-17(2-3-27-33)13-8-14(22)10-15(23)9-13/h3,8-12,17H,2,4-7H2,1H3/t17-/m0/s1. The lowest BCUT2D eigenvalue weighted by Crippen LogP contribution is -2.52. The Morgan fingerprint density at radius 2 is 1.76 bits per heavy atom. The van der Waals surface area contributed by atoms with Gasteiger partial charge in [-0.25, -0.2) is 37.6 Å². The molecule has 0 saturated carbocycles. The highest BCUT2D eigenvalue weighted by Gasteiger charge is 2.34. The molecule has 1 saturated heterocycles. The summed E-state index contributed by atoms with van der Waals surface area (Å²) in [6.07, 6.45) is 4.44. The first-order chi connectivity index (χ1) is 16.4. The van der Waals surface area contributed by atoms with E-state index >= 15 is 0 Å². The number of carbonyl (C=O) groups is 1. The molecule has 0 radical (unpaired) electrons. The van der Waals surface area contributed by atoms with Crippen LogP contribution in [0.4, 0.5) is 23.9 Å². The molecule has 2 aliphatic heterocycles. The van der Waals surface area contributed by atoms with E-state index in [1.165, 1.54) is 28.0 Å². The smallest absolute Gasteiger partial charge is 0.337 e. The number of halogens is 3. The minimum atomic E-state index is -0.705. The van der Waals surface area contributed by atoms with Crippen LogP contribution in [0.25, 0.3) is 11.4 Å². The van der Waals surface area contributed by atoms with Crippen LogP contribution < -0.4 is 4.90 Å². The molecule has 10 nitrogen and oxygen atoms in total. The van der Waals surface area contributed by atoms with Crippen LogP contribution in [0.3, 0.4) is 0 Å². The molecule has 1 aromatic carbocycles. The van der Waals surface area contributed by atoms with E-state index in [2.05, 4.69) is 25.4 Å². The quantitative estimate of drug-likeness (QED) is 0.582. The van der Waals surface area contributed by atoms with Crippen LogP contribution in [-0.4, -0.2) is 73.3 Å². The number of amides is 2. The highest BCUT2D eigenvalue weighted by Crippen LogP contribution is 2.30. The van der Waals surface area contributed by atoms with Crippen molar-refractivity contribution in [3.05, 3.63) is 53.6 Å². The van der Waals surface area contributed by atoms with Crippen LogP contribution in [0.1, 0.15) is 18.0 Å². The predicted octanol–water partition coefficient (Wildman–Crippen LogP) is 2.36. The van der Waals surface area contributed by atoms with Crippen molar-refractivity contribution in [2.75, 3.05) is 31.1 Å². The average molecular weight is 471 g/mol. The molecule has 2 aliphatic rings. The largest absolute Gasteiger partial charge is 0.341 e. The molecule has 0 N–H and O–H groups in total. The number of piperazine rings is 1. The Kier molecular flexibility index (Phi) is 5.59. The van der Waals surface area contributed by atoms with Crippen LogP contribution in [-0.2, 0) is 7.05 Å². The molecule has 1 atom stereocenters. The number of carbonyl (C=O) groups excluding carboxylic acids is 1. The third kappa shape index (κ3) is 4.04. The van der Waals surface area contributed by atoms with Crippen LogP contribution in [0.5, 0.6) is 0 Å². The fourth-order valence-electron chi connectivity index (χ4n) is 4.08. The number of hydrazone groups is 1. The lowest BCUT2D eigenvalue weighted by molar-refractivity contribution is 0.139. The van der Waals surface area contributed by atoms with E-state index in [1.54, 1.807) is 18.2 Å². The van der Waals surface area contributed by atoms with Crippen LogP contribution >= 0.6 is 0 Å². The Morgan fingerprint density at radius 1 is 1.03 bits per heavy atom. The summed E-state index contributed by atoms with van der Waals surface area (Å²) in [5.41, 5.74) is 0.855. The molecule has 2 aromatic heterocycles. The van der Waals surface area contributed by atoms with Gasteiger partial charge >= 0.3 is 6.03 Å². The van der Waals surface area contributed by atoms with Gasteiger partial charge in [0.25, 0.3) is 0 Å². The Balaban J connectivity index is 1.28. The molecular formula is C21H20F3N9O. The van der Waals surface area contributed by atoms with Gasteiger partial charge in [0, 0.05) is 51.9 Å². The van der Waals surface area contributed by atoms with Gasteiger partial charge in [-0.3, -0.25) is 0 Å². The molecule has 1 fully saturated rings. The highest BCUT2D eigenvalue weighted by molar-refractivity contribution is 5.78. The van der Waals surface area contributed by atoms with Gasteiger partial charge in [0.15, 0.2) is 5.82 Å². The van der Waals surface area contributed by atoms with E-state index in [0.717, 1.165) is 12.3 Å². The SMILES string of the molecule is Cn1nncc1-c1nc(N2CCN(C(=O)N3N=CC[C@H]3c3cc(F)cc(F)c3)CC2)ncc1F. The van der Waals surface area contributed by atoms with Crippen molar-refractivity contribution in [3.8, 4) is 11.4 Å². The summed E-state index contributed by atoms with van der Waals surface area (Å²) in [7, 11) is 1.64. The number of benzene rings is 1. The molecular weight excluding hydrogens is 451 g/mol. The van der Waals surface area contributed by atoms with E-state index in [1.807, 2.05) is 4.90 Å². The topological polar surface area (TPSA) is 95.6 Å². The van der Waals surface area contributed by atoms with E-state index in [-0.39, 0.29) is 11.7 Å². The van der Waals surface area contributed by atoms with Gasteiger partial charge in [0.1, 0.15) is 23.0 Å². The summed E-state index contributed by atoms with van der Waals surface area (Å²) >= 11 is 0. The number of aromatic nitrogens is 5. The van der Waals surface area contributed by atoms with Crippen molar-refractivity contribution in [2.45, 2.75) is 12.5 Å². The molecule has 0 spiro atoms. The second-order valence-corrected chi connectivity index (χ2v) is 7.96. The van der Waals surface area contributed by atoms with Gasteiger partial charge in [0.2, 0.25) is 5.95 Å². The van der Waals surface area contributed by atoms with Crippen LogP contribution in [0.2, 0.25) is 0 Å². The summed E-state index contributed by atoms with van der Waals surface area (Å²) in [6.45, 7) is 1.52. The number of nitrogens with zero attached hydrogens (tertiary/aromatic N) is 9. The number of hydrogen-bond donors (Lipinski definition) is 0. The summed E-state index contributed by atoms with van der Waals surface area (Å²) in [6, 6.07) is 2.28. The molecule has 34 heavy (non-hydrogen) atoms.